The number of carbonyl (C=O) groups is 1. The maximum Gasteiger partial charge on any atom is 0.131 e. The Bertz CT molecular complexity index is 316. The van der Waals surface area contributed by atoms with Crippen LogP contribution in [0.5, 0.6) is 0 Å². The van der Waals surface area contributed by atoms with Gasteiger partial charge in [0.1, 0.15) is 6.29 Å². The third kappa shape index (κ3) is 2.55. The smallest absolute Gasteiger partial charge is 0.131 e. The van der Waals surface area contributed by atoms with Crippen LogP contribution in [0.25, 0.3) is 0 Å². The van der Waals surface area contributed by atoms with E-state index in [4.69, 9.17) is 0 Å². The molecule has 1 aromatic heterocycles. The van der Waals surface area contributed by atoms with Crippen LogP contribution in [0.3, 0.4) is 0 Å². The maximum atomic E-state index is 9.93. The number of carbonyl (C=O) groups excluding carboxylic acids is 1. The summed E-state index contributed by atoms with van der Waals surface area (Å²) in [6, 6.07) is 3.78. The van der Waals surface area contributed by atoms with E-state index in [1.807, 2.05) is 19.1 Å². The Balaban J connectivity index is 2.72. The number of aryl methyl sites for hydroxylation is 1. The van der Waals surface area contributed by atoms with Crippen LogP contribution in [0, 0.1) is 18.8 Å². The molecule has 0 fully saturated rings. The van der Waals surface area contributed by atoms with Gasteiger partial charge < -0.3 is 4.79 Å². The predicted octanol–water partition coefficient (Wildman–Crippen LogP) is 1.33. The molecule has 12 heavy (non-hydrogen) atoms. The van der Waals surface area contributed by atoms with Crippen LogP contribution in [0.2, 0.25) is 0 Å². The van der Waals surface area contributed by atoms with E-state index >= 15 is 0 Å². The second-order valence-corrected chi connectivity index (χ2v) is 2.36. The van der Waals surface area contributed by atoms with Gasteiger partial charge in [-0.25, -0.2) is 0 Å². The van der Waals surface area contributed by atoms with Crippen molar-refractivity contribution in [3.8, 4) is 11.8 Å². The lowest BCUT2D eigenvalue weighted by molar-refractivity contribution is -0.107. The van der Waals surface area contributed by atoms with Crippen molar-refractivity contribution in [1.29, 1.82) is 0 Å². The Morgan fingerprint density at radius 2 is 2.42 bits per heavy atom. The third-order valence-electron chi connectivity index (χ3n) is 1.33. The van der Waals surface area contributed by atoms with E-state index in [2.05, 4.69) is 16.8 Å². The van der Waals surface area contributed by atoms with Gasteiger partial charge in [-0.2, -0.15) is 0 Å². The summed E-state index contributed by atoms with van der Waals surface area (Å²) >= 11 is 0. The SMILES string of the molecule is Cc1ccc(C#CCC=O)cn1. The van der Waals surface area contributed by atoms with Gasteiger partial charge in [-0.05, 0) is 19.1 Å². The lowest BCUT2D eigenvalue weighted by Crippen LogP contribution is -1.81. The van der Waals surface area contributed by atoms with Crippen molar-refractivity contribution in [2.24, 2.45) is 0 Å². The van der Waals surface area contributed by atoms with E-state index in [0.717, 1.165) is 17.5 Å². The molecule has 0 saturated carbocycles. The van der Waals surface area contributed by atoms with Gasteiger partial charge in [0.05, 0.1) is 6.42 Å². The van der Waals surface area contributed by atoms with Crippen LogP contribution in [-0.2, 0) is 4.79 Å². The first kappa shape index (κ1) is 8.48. The van der Waals surface area contributed by atoms with E-state index < -0.39 is 0 Å². The van der Waals surface area contributed by atoms with Gasteiger partial charge in [0.25, 0.3) is 0 Å². The van der Waals surface area contributed by atoms with Crippen LogP contribution in [-0.4, -0.2) is 11.3 Å². The molecule has 0 radical (unpaired) electrons. The second kappa shape index (κ2) is 4.30. The number of hydrogen-bond donors (Lipinski definition) is 0. The zero-order valence-electron chi connectivity index (χ0n) is 6.87. The summed E-state index contributed by atoms with van der Waals surface area (Å²) in [7, 11) is 0. The Hall–Kier alpha value is -1.62. The summed E-state index contributed by atoms with van der Waals surface area (Å²) in [5.74, 6) is 5.54. The van der Waals surface area contributed by atoms with E-state index in [0.29, 0.717) is 0 Å². The molecular weight excluding hydrogens is 150 g/mol. The number of aldehydes is 1. The quantitative estimate of drug-likeness (QED) is 0.457. The van der Waals surface area contributed by atoms with Gasteiger partial charge in [0.15, 0.2) is 0 Å². The number of aromatic nitrogens is 1. The molecule has 1 rings (SSSR count). The molecule has 2 nitrogen and oxygen atoms in total. The van der Waals surface area contributed by atoms with E-state index in [9.17, 15) is 4.79 Å². The molecule has 0 unspecified atom stereocenters. The molecule has 0 aliphatic rings. The van der Waals surface area contributed by atoms with Crippen molar-refractivity contribution in [2.75, 3.05) is 0 Å². The van der Waals surface area contributed by atoms with Crippen LogP contribution >= 0.6 is 0 Å². The lowest BCUT2D eigenvalue weighted by atomic mass is 10.2. The van der Waals surface area contributed by atoms with Gasteiger partial charge in [0.2, 0.25) is 0 Å². The Kier molecular flexibility index (Phi) is 3.04. The topological polar surface area (TPSA) is 30.0 Å². The van der Waals surface area contributed by atoms with Crippen LogP contribution < -0.4 is 0 Å². The number of nitrogens with zero attached hydrogens (tertiary/aromatic N) is 1. The van der Waals surface area contributed by atoms with E-state index in [-0.39, 0.29) is 6.42 Å². The first-order valence-electron chi connectivity index (χ1n) is 3.68. The largest absolute Gasteiger partial charge is 0.302 e. The van der Waals surface area contributed by atoms with E-state index in [1.54, 1.807) is 6.20 Å². The van der Waals surface area contributed by atoms with Crippen LogP contribution in [0.1, 0.15) is 17.7 Å². The van der Waals surface area contributed by atoms with Crippen molar-refractivity contribution in [1.82, 2.24) is 4.98 Å². The van der Waals surface area contributed by atoms with E-state index in [1.165, 1.54) is 0 Å². The first-order valence-corrected chi connectivity index (χ1v) is 3.68. The zero-order valence-corrected chi connectivity index (χ0v) is 6.87. The fraction of sp³-hybridized carbons (Fsp3) is 0.200. The van der Waals surface area contributed by atoms with Crippen molar-refractivity contribution < 1.29 is 4.79 Å². The highest BCUT2D eigenvalue weighted by molar-refractivity contribution is 5.54. The molecule has 0 N–H and O–H groups in total. The van der Waals surface area contributed by atoms with Crippen molar-refractivity contribution in [3.63, 3.8) is 0 Å². The van der Waals surface area contributed by atoms with Crippen molar-refractivity contribution >= 4 is 6.29 Å². The summed E-state index contributed by atoms with van der Waals surface area (Å²) in [6.45, 7) is 1.92. The Morgan fingerprint density at radius 3 is 3.00 bits per heavy atom. The summed E-state index contributed by atoms with van der Waals surface area (Å²) in [5, 5.41) is 0. The predicted molar refractivity (Wildman–Crippen MR) is 46.5 cm³/mol. The fourth-order valence-corrected chi connectivity index (χ4v) is 0.737. The van der Waals surface area contributed by atoms with Gasteiger partial charge in [-0.1, -0.05) is 11.8 Å². The number of pyridine rings is 1. The highest BCUT2D eigenvalue weighted by Gasteiger charge is 1.85. The van der Waals surface area contributed by atoms with Gasteiger partial charge in [0, 0.05) is 17.5 Å². The minimum Gasteiger partial charge on any atom is -0.302 e. The summed E-state index contributed by atoms with van der Waals surface area (Å²) in [6.07, 6.45) is 2.77. The summed E-state index contributed by atoms with van der Waals surface area (Å²) < 4.78 is 0. The van der Waals surface area contributed by atoms with Crippen LogP contribution in [0.4, 0.5) is 0 Å². The second-order valence-electron chi connectivity index (χ2n) is 2.36. The minimum atomic E-state index is 0.286. The molecule has 1 heterocycles. The van der Waals surface area contributed by atoms with Gasteiger partial charge in [-0.3, -0.25) is 4.98 Å². The molecule has 1 aromatic rings. The molecule has 2 heteroatoms. The first-order chi connectivity index (χ1) is 5.83. The van der Waals surface area contributed by atoms with Crippen LogP contribution in [0.15, 0.2) is 18.3 Å². The maximum absolute atomic E-state index is 9.93. The highest BCUT2D eigenvalue weighted by Crippen LogP contribution is 1.96. The molecule has 0 atom stereocenters. The molecule has 0 bridgehead atoms. The highest BCUT2D eigenvalue weighted by atomic mass is 16.1. The zero-order chi connectivity index (χ0) is 8.81. The molecule has 0 aliphatic heterocycles. The molecule has 60 valence electrons. The molecule has 0 saturated heterocycles. The average molecular weight is 159 g/mol. The fourth-order valence-electron chi connectivity index (χ4n) is 0.737. The van der Waals surface area contributed by atoms with Gasteiger partial charge >= 0.3 is 0 Å². The minimum absolute atomic E-state index is 0.286. The van der Waals surface area contributed by atoms with Gasteiger partial charge in [-0.15, -0.1) is 0 Å². The molecule has 0 spiro atoms. The number of rotatable bonds is 1. The monoisotopic (exact) mass is 159 g/mol. The standard InChI is InChI=1S/C10H9NO/c1-9-5-6-10(8-11-9)4-2-3-7-12/h5-8H,3H2,1H3. The van der Waals surface area contributed by atoms with Crippen molar-refractivity contribution in [3.05, 3.63) is 29.6 Å². The molecule has 0 amide bonds. The third-order valence-corrected chi connectivity index (χ3v) is 1.33. The lowest BCUT2D eigenvalue weighted by Gasteiger charge is -1.89. The summed E-state index contributed by atoms with van der Waals surface area (Å²) in [5.41, 5.74) is 1.82. The Morgan fingerprint density at radius 1 is 1.58 bits per heavy atom. The normalized spacial score (nSPS) is 8.42. The molecule has 0 aliphatic carbocycles. The van der Waals surface area contributed by atoms with Crippen molar-refractivity contribution in [2.45, 2.75) is 13.3 Å². The number of hydrogen-bond acceptors (Lipinski definition) is 2. The molecule has 0 aromatic carbocycles. The Labute approximate surface area is 71.6 Å². The average Bonchev–Trinajstić information content (AvgIpc) is 2.09. The summed E-state index contributed by atoms with van der Waals surface area (Å²) in [4.78, 5) is 14.0. The molecular formula is C10H9NO.